The standard InChI is InChI=1S/C14H13NO/c1-11-7-5-6-10-13(11)14(15-16)12-8-3-2-4-9-12/h2-10,16H,1H3. The minimum Gasteiger partial charge on any atom is -0.410 e. The van der Waals surface area contributed by atoms with Crippen molar-refractivity contribution in [3.63, 3.8) is 0 Å². The smallest absolute Gasteiger partial charge is 0.117 e. The number of aryl methyl sites for hydroxylation is 1. The lowest BCUT2D eigenvalue weighted by Gasteiger charge is -2.07. The van der Waals surface area contributed by atoms with Gasteiger partial charge < -0.3 is 5.21 Å². The third-order valence-corrected chi connectivity index (χ3v) is 2.55. The lowest BCUT2D eigenvalue weighted by Crippen LogP contribution is -2.05. The first-order valence-electron chi connectivity index (χ1n) is 5.16. The zero-order chi connectivity index (χ0) is 11.4. The van der Waals surface area contributed by atoms with Crippen molar-refractivity contribution in [2.24, 2.45) is 5.16 Å². The fourth-order valence-corrected chi connectivity index (χ4v) is 1.70. The highest BCUT2D eigenvalue weighted by Gasteiger charge is 2.08. The van der Waals surface area contributed by atoms with Crippen LogP contribution in [-0.4, -0.2) is 10.9 Å². The van der Waals surface area contributed by atoms with Crippen LogP contribution in [0.2, 0.25) is 0 Å². The van der Waals surface area contributed by atoms with Crippen LogP contribution in [0.1, 0.15) is 16.7 Å². The van der Waals surface area contributed by atoms with Gasteiger partial charge in [0.2, 0.25) is 0 Å². The van der Waals surface area contributed by atoms with Gasteiger partial charge in [-0.2, -0.15) is 0 Å². The third kappa shape index (κ3) is 1.96. The maximum Gasteiger partial charge on any atom is 0.117 e. The van der Waals surface area contributed by atoms with E-state index in [1.165, 1.54) is 0 Å². The molecule has 0 radical (unpaired) electrons. The van der Waals surface area contributed by atoms with Crippen LogP contribution in [0, 0.1) is 6.92 Å². The monoisotopic (exact) mass is 211 g/mol. The first-order chi connectivity index (χ1) is 7.83. The van der Waals surface area contributed by atoms with Crippen molar-refractivity contribution in [3.05, 3.63) is 71.3 Å². The average Bonchev–Trinajstić information content (AvgIpc) is 2.34. The Bertz CT molecular complexity index is 503. The predicted molar refractivity (Wildman–Crippen MR) is 65.0 cm³/mol. The Labute approximate surface area is 94.9 Å². The molecule has 0 heterocycles. The lowest BCUT2D eigenvalue weighted by atomic mass is 9.98. The van der Waals surface area contributed by atoms with Gasteiger partial charge in [-0.15, -0.1) is 0 Å². The maximum atomic E-state index is 9.15. The second kappa shape index (κ2) is 4.62. The van der Waals surface area contributed by atoms with E-state index < -0.39 is 0 Å². The first kappa shape index (κ1) is 10.4. The fourth-order valence-electron chi connectivity index (χ4n) is 1.70. The van der Waals surface area contributed by atoms with E-state index in [-0.39, 0.29) is 0 Å². The zero-order valence-electron chi connectivity index (χ0n) is 9.09. The van der Waals surface area contributed by atoms with Gasteiger partial charge in [0.15, 0.2) is 0 Å². The van der Waals surface area contributed by atoms with Crippen molar-refractivity contribution < 1.29 is 5.21 Å². The summed E-state index contributed by atoms with van der Waals surface area (Å²) in [7, 11) is 0. The molecule has 0 atom stereocenters. The van der Waals surface area contributed by atoms with Crippen LogP contribution in [0.3, 0.4) is 0 Å². The lowest BCUT2D eigenvalue weighted by molar-refractivity contribution is 0.319. The topological polar surface area (TPSA) is 32.6 Å². The summed E-state index contributed by atoms with van der Waals surface area (Å²) < 4.78 is 0. The molecule has 80 valence electrons. The van der Waals surface area contributed by atoms with Crippen LogP contribution in [0.25, 0.3) is 0 Å². The van der Waals surface area contributed by atoms with Gasteiger partial charge >= 0.3 is 0 Å². The van der Waals surface area contributed by atoms with Crippen LogP contribution < -0.4 is 0 Å². The summed E-state index contributed by atoms with van der Waals surface area (Å²) >= 11 is 0. The number of oxime groups is 1. The molecule has 1 N–H and O–H groups in total. The highest BCUT2D eigenvalue weighted by Crippen LogP contribution is 2.14. The van der Waals surface area contributed by atoms with Gasteiger partial charge in [-0.25, -0.2) is 0 Å². The largest absolute Gasteiger partial charge is 0.410 e. The molecule has 0 amide bonds. The van der Waals surface area contributed by atoms with Crippen LogP contribution in [0.5, 0.6) is 0 Å². The van der Waals surface area contributed by atoms with E-state index in [9.17, 15) is 0 Å². The van der Waals surface area contributed by atoms with Gasteiger partial charge in [-0.05, 0) is 12.5 Å². The van der Waals surface area contributed by atoms with E-state index in [4.69, 9.17) is 5.21 Å². The van der Waals surface area contributed by atoms with Crippen molar-refractivity contribution in [1.82, 2.24) is 0 Å². The van der Waals surface area contributed by atoms with Crippen LogP contribution in [0.15, 0.2) is 59.8 Å². The number of benzene rings is 2. The van der Waals surface area contributed by atoms with Crippen LogP contribution in [0.4, 0.5) is 0 Å². The van der Waals surface area contributed by atoms with Crippen LogP contribution >= 0.6 is 0 Å². The predicted octanol–water partition coefficient (Wildman–Crippen LogP) is 3.22. The normalized spacial score (nSPS) is 11.4. The summed E-state index contributed by atoms with van der Waals surface area (Å²) in [5.41, 5.74) is 3.58. The summed E-state index contributed by atoms with van der Waals surface area (Å²) in [4.78, 5) is 0. The fraction of sp³-hybridized carbons (Fsp3) is 0.0714. The minimum absolute atomic E-state index is 0.610. The van der Waals surface area contributed by atoms with E-state index in [0.29, 0.717) is 5.71 Å². The zero-order valence-corrected chi connectivity index (χ0v) is 9.09. The van der Waals surface area contributed by atoms with Gasteiger partial charge in [-0.3, -0.25) is 0 Å². The number of hydrogen-bond donors (Lipinski definition) is 1. The molecule has 0 unspecified atom stereocenters. The summed E-state index contributed by atoms with van der Waals surface area (Å²) in [5.74, 6) is 0. The molecule has 16 heavy (non-hydrogen) atoms. The van der Waals surface area contributed by atoms with Gasteiger partial charge in [-0.1, -0.05) is 59.8 Å². The van der Waals surface area contributed by atoms with Crippen LogP contribution in [-0.2, 0) is 0 Å². The van der Waals surface area contributed by atoms with Gasteiger partial charge in [0.25, 0.3) is 0 Å². The van der Waals surface area contributed by atoms with E-state index >= 15 is 0 Å². The number of hydrogen-bond acceptors (Lipinski definition) is 2. The SMILES string of the molecule is Cc1ccccc1C(=NO)c1ccccc1. The first-order valence-corrected chi connectivity index (χ1v) is 5.16. The van der Waals surface area contributed by atoms with Crippen molar-refractivity contribution >= 4 is 5.71 Å². The highest BCUT2D eigenvalue weighted by molar-refractivity contribution is 6.13. The van der Waals surface area contributed by atoms with E-state index in [1.807, 2.05) is 61.5 Å². The maximum absolute atomic E-state index is 9.15. The van der Waals surface area contributed by atoms with Crippen molar-refractivity contribution in [2.45, 2.75) is 6.92 Å². The van der Waals surface area contributed by atoms with E-state index in [2.05, 4.69) is 5.16 Å². The van der Waals surface area contributed by atoms with Gasteiger partial charge in [0.05, 0.1) is 0 Å². The molecular formula is C14H13NO. The average molecular weight is 211 g/mol. The molecule has 0 aromatic heterocycles. The number of nitrogens with zero attached hydrogens (tertiary/aromatic N) is 1. The molecule has 0 aliphatic carbocycles. The Kier molecular flexibility index (Phi) is 3.01. The molecule has 0 fully saturated rings. The molecule has 2 heteroatoms. The summed E-state index contributed by atoms with van der Waals surface area (Å²) in [5, 5.41) is 12.6. The molecule has 0 saturated heterocycles. The van der Waals surface area contributed by atoms with Gasteiger partial charge in [0.1, 0.15) is 5.71 Å². The molecule has 0 bridgehead atoms. The molecule has 0 spiro atoms. The molecule has 0 aliphatic rings. The second-order valence-electron chi connectivity index (χ2n) is 3.63. The minimum atomic E-state index is 0.610. The molecule has 0 saturated carbocycles. The summed E-state index contributed by atoms with van der Waals surface area (Å²) in [6.45, 7) is 2.00. The molecule has 0 aliphatic heterocycles. The molecule has 2 aromatic carbocycles. The van der Waals surface area contributed by atoms with Crippen molar-refractivity contribution in [2.75, 3.05) is 0 Å². The van der Waals surface area contributed by atoms with Crippen molar-refractivity contribution in [1.29, 1.82) is 0 Å². The Morgan fingerprint density at radius 3 is 2.19 bits per heavy atom. The number of rotatable bonds is 2. The Morgan fingerprint density at radius 1 is 0.938 bits per heavy atom. The molecule has 2 aromatic rings. The van der Waals surface area contributed by atoms with Crippen molar-refractivity contribution in [3.8, 4) is 0 Å². The third-order valence-electron chi connectivity index (χ3n) is 2.55. The Hall–Kier alpha value is -2.09. The Balaban J connectivity index is 2.51. The Morgan fingerprint density at radius 2 is 1.56 bits per heavy atom. The van der Waals surface area contributed by atoms with E-state index in [0.717, 1.165) is 16.7 Å². The summed E-state index contributed by atoms with van der Waals surface area (Å²) in [6, 6.07) is 17.5. The van der Waals surface area contributed by atoms with Gasteiger partial charge in [0, 0.05) is 11.1 Å². The quantitative estimate of drug-likeness (QED) is 0.461. The second-order valence-corrected chi connectivity index (χ2v) is 3.63. The summed E-state index contributed by atoms with van der Waals surface area (Å²) in [6.07, 6.45) is 0. The van der Waals surface area contributed by atoms with E-state index in [1.54, 1.807) is 0 Å². The molecule has 2 rings (SSSR count). The highest BCUT2D eigenvalue weighted by atomic mass is 16.4. The molecule has 2 nitrogen and oxygen atoms in total. The molecular weight excluding hydrogens is 198 g/mol.